The molecule has 0 aliphatic heterocycles. The summed E-state index contributed by atoms with van der Waals surface area (Å²) >= 11 is 0. The Bertz CT molecular complexity index is 173. The molecule has 1 atom stereocenters. The third kappa shape index (κ3) is 4.12. The highest BCUT2D eigenvalue weighted by Gasteiger charge is 2.40. The summed E-state index contributed by atoms with van der Waals surface area (Å²) in [5.74, 6) is 1.34. The molecule has 90 valence electrons. The minimum Gasteiger partial charge on any atom is -0.330 e. The molecule has 0 aromatic carbocycles. The minimum absolute atomic E-state index is 0.641. The molecule has 0 radical (unpaired) electrons. The molecule has 15 heavy (non-hydrogen) atoms. The van der Waals surface area contributed by atoms with Gasteiger partial charge in [-0.25, -0.2) is 0 Å². The highest BCUT2D eigenvalue weighted by atomic mass is 14.9. The molecule has 2 nitrogen and oxygen atoms in total. The molecule has 1 rings (SSSR count). The van der Waals surface area contributed by atoms with Crippen LogP contribution < -0.4 is 11.1 Å². The summed E-state index contributed by atoms with van der Waals surface area (Å²) < 4.78 is 0. The van der Waals surface area contributed by atoms with Gasteiger partial charge in [0.1, 0.15) is 0 Å². The molecule has 0 saturated heterocycles. The minimum atomic E-state index is 0.641. The molecule has 0 aromatic rings. The van der Waals surface area contributed by atoms with Gasteiger partial charge in [-0.15, -0.1) is 0 Å². The van der Waals surface area contributed by atoms with Crippen molar-refractivity contribution in [1.29, 1.82) is 0 Å². The molecule has 0 amide bonds. The summed E-state index contributed by atoms with van der Waals surface area (Å²) in [5, 5.41) is 3.63. The van der Waals surface area contributed by atoms with Crippen molar-refractivity contribution in [3.05, 3.63) is 0 Å². The van der Waals surface area contributed by atoms with Gasteiger partial charge in [-0.2, -0.15) is 0 Å². The number of hydrogen-bond acceptors (Lipinski definition) is 2. The SMILES string of the molecule is CCCC1(CNCC(CN)C(C)C)CC1. The van der Waals surface area contributed by atoms with Crippen molar-refractivity contribution in [1.82, 2.24) is 5.32 Å². The zero-order valence-corrected chi connectivity index (χ0v) is 10.7. The smallest absolute Gasteiger partial charge is 0.000794 e. The van der Waals surface area contributed by atoms with E-state index in [1.165, 1.54) is 32.2 Å². The summed E-state index contributed by atoms with van der Waals surface area (Å²) in [4.78, 5) is 0. The van der Waals surface area contributed by atoms with Gasteiger partial charge in [0.2, 0.25) is 0 Å². The van der Waals surface area contributed by atoms with Gasteiger partial charge < -0.3 is 11.1 Å². The quantitative estimate of drug-likeness (QED) is 0.648. The maximum atomic E-state index is 5.76. The predicted molar refractivity (Wildman–Crippen MR) is 66.8 cm³/mol. The monoisotopic (exact) mass is 212 g/mol. The van der Waals surface area contributed by atoms with Crippen LogP contribution in [0.15, 0.2) is 0 Å². The van der Waals surface area contributed by atoms with E-state index in [0.29, 0.717) is 17.3 Å². The summed E-state index contributed by atoms with van der Waals surface area (Å²) in [6, 6.07) is 0. The Balaban J connectivity index is 2.15. The first-order valence-electron chi connectivity index (χ1n) is 6.54. The van der Waals surface area contributed by atoms with Crippen LogP contribution in [0.1, 0.15) is 46.5 Å². The van der Waals surface area contributed by atoms with E-state index in [1.54, 1.807) is 0 Å². The van der Waals surface area contributed by atoms with Crippen molar-refractivity contribution in [3.8, 4) is 0 Å². The van der Waals surface area contributed by atoms with Crippen LogP contribution in [0.3, 0.4) is 0 Å². The summed E-state index contributed by atoms with van der Waals surface area (Å²) in [7, 11) is 0. The zero-order valence-electron chi connectivity index (χ0n) is 10.7. The maximum Gasteiger partial charge on any atom is 0.000794 e. The van der Waals surface area contributed by atoms with Crippen molar-refractivity contribution < 1.29 is 0 Å². The lowest BCUT2D eigenvalue weighted by atomic mass is 9.95. The van der Waals surface area contributed by atoms with Gasteiger partial charge in [0, 0.05) is 6.54 Å². The van der Waals surface area contributed by atoms with Gasteiger partial charge in [0.05, 0.1) is 0 Å². The first kappa shape index (κ1) is 13.0. The topological polar surface area (TPSA) is 38.0 Å². The molecule has 1 aliphatic rings. The normalized spacial score (nSPS) is 20.6. The molecular weight excluding hydrogens is 184 g/mol. The standard InChI is InChI=1S/C13H28N2/c1-4-5-13(6-7-13)10-15-9-12(8-14)11(2)3/h11-12,15H,4-10,14H2,1-3H3. The molecular formula is C13H28N2. The van der Waals surface area contributed by atoms with Crippen LogP contribution >= 0.6 is 0 Å². The van der Waals surface area contributed by atoms with Crippen molar-refractivity contribution >= 4 is 0 Å². The Hall–Kier alpha value is -0.0800. The van der Waals surface area contributed by atoms with Crippen LogP contribution in [0.2, 0.25) is 0 Å². The number of nitrogens with two attached hydrogens (primary N) is 1. The van der Waals surface area contributed by atoms with Gasteiger partial charge in [-0.05, 0) is 49.6 Å². The van der Waals surface area contributed by atoms with Gasteiger partial charge in [-0.1, -0.05) is 27.2 Å². The van der Waals surface area contributed by atoms with E-state index >= 15 is 0 Å². The number of nitrogens with one attached hydrogen (secondary N) is 1. The largest absolute Gasteiger partial charge is 0.330 e. The molecule has 1 unspecified atom stereocenters. The average Bonchev–Trinajstić information content (AvgIpc) is 2.93. The molecule has 1 aliphatic carbocycles. The van der Waals surface area contributed by atoms with Gasteiger partial charge in [0.25, 0.3) is 0 Å². The van der Waals surface area contributed by atoms with E-state index in [0.717, 1.165) is 13.1 Å². The van der Waals surface area contributed by atoms with Crippen LogP contribution in [0.25, 0.3) is 0 Å². The lowest BCUT2D eigenvalue weighted by Crippen LogP contribution is -2.34. The van der Waals surface area contributed by atoms with Gasteiger partial charge in [-0.3, -0.25) is 0 Å². The lowest BCUT2D eigenvalue weighted by molar-refractivity contribution is 0.341. The first-order chi connectivity index (χ1) is 7.13. The van der Waals surface area contributed by atoms with Crippen molar-refractivity contribution in [2.24, 2.45) is 23.0 Å². The summed E-state index contributed by atoms with van der Waals surface area (Å²) in [6.07, 6.45) is 5.59. The van der Waals surface area contributed by atoms with E-state index in [4.69, 9.17) is 5.73 Å². The second-order valence-corrected chi connectivity index (χ2v) is 5.62. The number of hydrogen-bond donors (Lipinski definition) is 2. The zero-order chi connectivity index (χ0) is 11.3. The third-order valence-corrected chi connectivity index (χ3v) is 3.89. The van der Waals surface area contributed by atoms with E-state index in [9.17, 15) is 0 Å². The molecule has 0 aromatic heterocycles. The lowest BCUT2D eigenvalue weighted by Gasteiger charge is -2.21. The molecule has 3 N–H and O–H groups in total. The summed E-state index contributed by atoms with van der Waals surface area (Å²) in [6.45, 7) is 9.93. The van der Waals surface area contributed by atoms with E-state index in [-0.39, 0.29) is 0 Å². The van der Waals surface area contributed by atoms with E-state index < -0.39 is 0 Å². The van der Waals surface area contributed by atoms with Crippen LogP contribution in [0.4, 0.5) is 0 Å². The second kappa shape index (κ2) is 5.86. The molecule has 2 heteroatoms. The first-order valence-corrected chi connectivity index (χ1v) is 6.54. The fourth-order valence-corrected chi connectivity index (χ4v) is 2.34. The third-order valence-electron chi connectivity index (χ3n) is 3.89. The van der Waals surface area contributed by atoms with Crippen LogP contribution in [-0.2, 0) is 0 Å². The fourth-order valence-electron chi connectivity index (χ4n) is 2.34. The van der Waals surface area contributed by atoms with Crippen molar-refractivity contribution in [2.75, 3.05) is 19.6 Å². The molecule has 0 heterocycles. The Morgan fingerprint density at radius 2 is 2.00 bits per heavy atom. The van der Waals surface area contributed by atoms with E-state index in [2.05, 4.69) is 26.1 Å². The highest BCUT2D eigenvalue weighted by molar-refractivity contribution is 4.94. The maximum absolute atomic E-state index is 5.76. The summed E-state index contributed by atoms with van der Waals surface area (Å²) in [5.41, 5.74) is 6.43. The van der Waals surface area contributed by atoms with Crippen molar-refractivity contribution in [3.63, 3.8) is 0 Å². The molecule has 1 fully saturated rings. The second-order valence-electron chi connectivity index (χ2n) is 5.62. The highest BCUT2D eigenvalue weighted by Crippen LogP contribution is 2.48. The Kier molecular flexibility index (Phi) is 5.07. The average molecular weight is 212 g/mol. The Labute approximate surface area is 95.0 Å². The van der Waals surface area contributed by atoms with Gasteiger partial charge >= 0.3 is 0 Å². The van der Waals surface area contributed by atoms with Crippen LogP contribution in [0.5, 0.6) is 0 Å². The molecule has 0 bridgehead atoms. The Morgan fingerprint density at radius 1 is 1.33 bits per heavy atom. The fraction of sp³-hybridized carbons (Fsp3) is 1.00. The number of rotatable bonds is 8. The molecule has 1 saturated carbocycles. The van der Waals surface area contributed by atoms with E-state index in [1.807, 2.05) is 0 Å². The molecule has 0 spiro atoms. The predicted octanol–water partition coefficient (Wildman–Crippen LogP) is 2.39. The van der Waals surface area contributed by atoms with Crippen LogP contribution in [0, 0.1) is 17.3 Å². The van der Waals surface area contributed by atoms with Gasteiger partial charge in [0.15, 0.2) is 0 Å². The Morgan fingerprint density at radius 3 is 2.40 bits per heavy atom. The van der Waals surface area contributed by atoms with Crippen molar-refractivity contribution in [2.45, 2.75) is 46.5 Å². The van der Waals surface area contributed by atoms with Crippen LogP contribution in [-0.4, -0.2) is 19.6 Å².